The molecule has 0 radical (unpaired) electrons. The molecule has 1 aromatic carbocycles. The number of nitrogens with zero attached hydrogens (tertiary/aromatic N) is 2. The van der Waals surface area contributed by atoms with Crippen molar-refractivity contribution in [3.63, 3.8) is 0 Å². The summed E-state index contributed by atoms with van der Waals surface area (Å²) >= 11 is 0. The van der Waals surface area contributed by atoms with Crippen molar-refractivity contribution in [1.29, 1.82) is 0 Å². The number of hydrogen-bond donors (Lipinski definition) is 2. The van der Waals surface area contributed by atoms with Crippen LogP contribution in [-0.2, 0) is 0 Å². The normalized spacial score (nSPS) is 11.2. The molecule has 3 aromatic heterocycles. The second-order valence-corrected chi connectivity index (χ2v) is 4.99. The first-order valence-electron chi connectivity index (χ1n) is 6.77. The Hall–Kier alpha value is -3.22. The molecule has 0 saturated heterocycles. The molecule has 0 unspecified atom stereocenters. The maximum absolute atomic E-state index is 14.1. The van der Waals surface area contributed by atoms with Crippen LogP contribution in [0.25, 0.3) is 33.5 Å². The molecule has 0 bridgehead atoms. The van der Waals surface area contributed by atoms with Crippen LogP contribution in [0.3, 0.4) is 0 Å². The van der Waals surface area contributed by atoms with Gasteiger partial charge < -0.3 is 9.73 Å². The number of fused-ring (bicyclic) bond motifs is 1. The first-order chi connectivity index (χ1) is 11.2. The summed E-state index contributed by atoms with van der Waals surface area (Å²) in [5, 5.41) is 14.1. The SMILES string of the molecule is O[n+]1cccc2c(-c3oncc3-c3cccc(F)c3F)c[nH]c21. The molecule has 23 heavy (non-hydrogen) atoms. The number of pyridine rings is 1. The number of aromatic amines is 1. The minimum atomic E-state index is -0.964. The van der Waals surface area contributed by atoms with E-state index in [2.05, 4.69) is 10.1 Å². The maximum Gasteiger partial charge on any atom is 0.326 e. The van der Waals surface area contributed by atoms with E-state index in [1.807, 2.05) is 0 Å². The van der Waals surface area contributed by atoms with E-state index in [0.29, 0.717) is 22.2 Å². The first kappa shape index (κ1) is 13.4. The quantitative estimate of drug-likeness (QED) is 0.441. The molecule has 0 saturated carbocycles. The summed E-state index contributed by atoms with van der Waals surface area (Å²) in [6, 6.07) is 7.34. The van der Waals surface area contributed by atoms with Crippen LogP contribution in [-0.4, -0.2) is 15.3 Å². The highest BCUT2D eigenvalue weighted by atomic mass is 19.2. The summed E-state index contributed by atoms with van der Waals surface area (Å²) in [6.07, 6.45) is 4.41. The first-order valence-corrected chi connectivity index (χ1v) is 6.77. The van der Waals surface area contributed by atoms with Crippen LogP contribution in [0.5, 0.6) is 0 Å². The van der Waals surface area contributed by atoms with E-state index in [1.54, 1.807) is 18.3 Å². The summed E-state index contributed by atoms with van der Waals surface area (Å²) < 4.78 is 33.7. The van der Waals surface area contributed by atoms with E-state index in [1.165, 1.54) is 24.5 Å². The van der Waals surface area contributed by atoms with E-state index in [9.17, 15) is 14.0 Å². The van der Waals surface area contributed by atoms with Crippen molar-refractivity contribution in [2.24, 2.45) is 0 Å². The fourth-order valence-corrected chi connectivity index (χ4v) is 2.60. The molecule has 7 heteroatoms. The third-order valence-electron chi connectivity index (χ3n) is 3.67. The van der Waals surface area contributed by atoms with Crippen molar-refractivity contribution in [3.8, 4) is 22.5 Å². The number of rotatable bonds is 2. The van der Waals surface area contributed by atoms with Gasteiger partial charge in [0.15, 0.2) is 17.4 Å². The lowest BCUT2D eigenvalue weighted by molar-refractivity contribution is -0.885. The Kier molecular flexibility index (Phi) is 2.87. The molecule has 0 atom stereocenters. The molecule has 5 nitrogen and oxygen atoms in total. The van der Waals surface area contributed by atoms with Crippen LogP contribution in [0, 0.1) is 11.6 Å². The third kappa shape index (κ3) is 1.97. The number of halogens is 2. The molecule has 0 amide bonds. The predicted molar refractivity (Wildman–Crippen MR) is 76.5 cm³/mol. The zero-order chi connectivity index (χ0) is 16.0. The van der Waals surface area contributed by atoms with Crippen LogP contribution in [0.4, 0.5) is 8.78 Å². The predicted octanol–water partition coefficient (Wildman–Crippen LogP) is 3.29. The van der Waals surface area contributed by atoms with Gasteiger partial charge in [-0.1, -0.05) is 22.0 Å². The topological polar surface area (TPSA) is 65.9 Å². The molecule has 3 heterocycles. The fourth-order valence-electron chi connectivity index (χ4n) is 2.60. The lowest BCUT2D eigenvalue weighted by atomic mass is 10.0. The zero-order valence-electron chi connectivity index (χ0n) is 11.6. The van der Waals surface area contributed by atoms with Crippen LogP contribution in [0.2, 0.25) is 0 Å². The van der Waals surface area contributed by atoms with E-state index in [0.717, 1.165) is 10.8 Å². The summed E-state index contributed by atoms with van der Waals surface area (Å²) in [4.78, 5) is 2.91. The Bertz CT molecular complexity index is 1020. The van der Waals surface area contributed by atoms with Crippen LogP contribution in [0.1, 0.15) is 0 Å². The molecule has 0 aliphatic rings. The van der Waals surface area contributed by atoms with Crippen molar-refractivity contribution in [1.82, 2.24) is 10.1 Å². The Morgan fingerprint density at radius 3 is 2.83 bits per heavy atom. The van der Waals surface area contributed by atoms with Gasteiger partial charge in [-0.25, -0.2) is 13.8 Å². The van der Waals surface area contributed by atoms with Gasteiger partial charge in [0.2, 0.25) is 0 Å². The van der Waals surface area contributed by atoms with E-state index >= 15 is 0 Å². The molecule has 0 spiro atoms. The molecular weight excluding hydrogens is 304 g/mol. The molecule has 0 aliphatic carbocycles. The smallest absolute Gasteiger partial charge is 0.326 e. The Morgan fingerprint density at radius 1 is 1.09 bits per heavy atom. The highest BCUT2D eigenvalue weighted by molar-refractivity contribution is 5.94. The molecule has 0 aliphatic heterocycles. The largest absolute Gasteiger partial charge is 0.355 e. The standard InChI is InChI=1S/C16H9F2N3O2/c17-13-5-1-3-9(14(13)18)12-8-20-23-15(12)11-7-19-16-10(11)4-2-6-21(16)22/h1-8,22H/p+1. The lowest BCUT2D eigenvalue weighted by Crippen LogP contribution is -2.29. The Balaban J connectivity index is 1.96. The molecule has 114 valence electrons. The van der Waals surface area contributed by atoms with Crippen LogP contribution in [0.15, 0.2) is 53.4 Å². The number of nitrogens with one attached hydrogen (secondary N) is 1. The van der Waals surface area contributed by atoms with Gasteiger partial charge in [0.25, 0.3) is 0 Å². The number of aromatic nitrogens is 3. The van der Waals surface area contributed by atoms with Gasteiger partial charge >= 0.3 is 5.65 Å². The van der Waals surface area contributed by atoms with Crippen molar-refractivity contribution in [3.05, 3.63) is 60.6 Å². The van der Waals surface area contributed by atoms with Crippen molar-refractivity contribution in [2.45, 2.75) is 0 Å². The number of H-pyrrole nitrogens is 1. The van der Waals surface area contributed by atoms with E-state index in [-0.39, 0.29) is 11.3 Å². The Labute approximate surface area is 128 Å². The van der Waals surface area contributed by atoms with E-state index < -0.39 is 11.6 Å². The van der Waals surface area contributed by atoms with Gasteiger partial charge in [-0.15, -0.1) is 0 Å². The molecular formula is C16H10F2N3O2+. The third-order valence-corrected chi connectivity index (χ3v) is 3.67. The van der Waals surface area contributed by atoms with Crippen molar-refractivity contribution in [2.75, 3.05) is 0 Å². The van der Waals surface area contributed by atoms with Gasteiger partial charge in [0.1, 0.15) is 12.4 Å². The average molecular weight is 314 g/mol. The van der Waals surface area contributed by atoms with Gasteiger partial charge in [-0.05, 0) is 18.2 Å². The summed E-state index contributed by atoms with van der Waals surface area (Å²) in [5.74, 6) is -1.62. The average Bonchev–Trinajstić information content (AvgIpc) is 3.16. The van der Waals surface area contributed by atoms with Crippen molar-refractivity contribution < 1.29 is 23.2 Å². The summed E-state index contributed by atoms with van der Waals surface area (Å²) in [7, 11) is 0. The molecule has 4 aromatic rings. The maximum atomic E-state index is 14.1. The monoisotopic (exact) mass is 314 g/mol. The lowest BCUT2D eigenvalue weighted by Gasteiger charge is -2.02. The summed E-state index contributed by atoms with van der Waals surface area (Å²) in [6.45, 7) is 0. The molecule has 2 N–H and O–H groups in total. The van der Waals surface area contributed by atoms with Crippen LogP contribution >= 0.6 is 0 Å². The van der Waals surface area contributed by atoms with Gasteiger partial charge in [0, 0.05) is 5.56 Å². The highest BCUT2D eigenvalue weighted by Gasteiger charge is 2.23. The second kappa shape index (κ2) is 4.91. The minimum absolute atomic E-state index is 0.0587. The van der Waals surface area contributed by atoms with Crippen molar-refractivity contribution >= 4 is 11.0 Å². The molecule has 0 fully saturated rings. The number of benzene rings is 1. The van der Waals surface area contributed by atoms with Gasteiger partial charge in [0.05, 0.1) is 22.7 Å². The van der Waals surface area contributed by atoms with Gasteiger partial charge in [-0.3, -0.25) is 0 Å². The van der Waals surface area contributed by atoms with Crippen LogP contribution < -0.4 is 4.73 Å². The Morgan fingerprint density at radius 2 is 1.96 bits per heavy atom. The number of hydrogen-bond acceptors (Lipinski definition) is 3. The minimum Gasteiger partial charge on any atom is -0.355 e. The van der Waals surface area contributed by atoms with E-state index in [4.69, 9.17) is 4.52 Å². The molecule has 4 rings (SSSR count). The second-order valence-electron chi connectivity index (χ2n) is 4.99. The highest BCUT2D eigenvalue weighted by Crippen LogP contribution is 2.36. The fraction of sp³-hybridized carbons (Fsp3) is 0. The van der Waals surface area contributed by atoms with Gasteiger partial charge in [-0.2, -0.15) is 0 Å². The summed E-state index contributed by atoms with van der Waals surface area (Å²) in [5.41, 5.74) is 1.42. The zero-order valence-corrected chi connectivity index (χ0v) is 11.6.